The molecular weight excluding hydrogens is 238 g/mol. The van der Waals surface area contributed by atoms with Gasteiger partial charge in [0.2, 0.25) is 0 Å². The summed E-state index contributed by atoms with van der Waals surface area (Å²) < 4.78 is 5.97. The summed E-state index contributed by atoms with van der Waals surface area (Å²) in [5.74, 6) is 0. The minimum absolute atomic E-state index is 0.225. The molecule has 2 saturated heterocycles. The molecule has 4 heteroatoms. The molecule has 0 aromatic rings. The summed E-state index contributed by atoms with van der Waals surface area (Å²) in [6.07, 6.45) is 6.78. The zero-order valence-corrected chi connectivity index (χ0v) is 12.5. The molecule has 3 rings (SSSR count). The molecule has 110 valence electrons. The first-order chi connectivity index (χ1) is 9.16. The van der Waals surface area contributed by atoms with Crippen molar-refractivity contribution in [1.29, 1.82) is 0 Å². The van der Waals surface area contributed by atoms with Gasteiger partial charge in [-0.3, -0.25) is 4.90 Å². The van der Waals surface area contributed by atoms with Gasteiger partial charge in [0, 0.05) is 30.7 Å². The molecule has 2 aliphatic heterocycles. The molecule has 2 heterocycles. The Kier molecular flexibility index (Phi) is 3.87. The van der Waals surface area contributed by atoms with E-state index in [1.165, 1.54) is 38.6 Å². The first-order valence-corrected chi connectivity index (χ1v) is 7.95. The molecule has 19 heavy (non-hydrogen) atoms. The van der Waals surface area contributed by atoms with Gasteiger partial charge in [-0.05, 0) is 52.6 Å². The predicted octanol–water partition coefficient (Wildman–Crippen LogP) is 1.05. The Balaban J connectivity index is 1.80. The molecule has 3 aliphatic rings. The van der Waals surface area contributed by atoms with Gasteiger partial charge in [0.15, 0.2) is 0 Å². The molecule has 4 atom stereocenters. The number of fused-ring (bicyclic) bond motifs is 1. The van der Waals surface area contributed by atoms with Crippen molar-refractivity contribution in [3.63, 3.8) is 0 Å². The van der Waals surface area contributed by atoms with E-state index in [9.17, 15) is 0 Å². The molecule has 1 saturated carbocycles. The van der Waals surface area contributed by atoms with E-state index in [1.807, 2.05) is 0 Å². The van der Waals surface area contributed by atoms with Gasteiger partial charge in [-0.15, -0.1) is 0 Å². The van der Waals surface area contributed by atoms with Crippen LogP contribution in [-0.4, -0.2) is 66.8 Å². The molecule has 0 radical (unpaired) electrons. The van der Waals surface area contributed by atoms with Crippen molar-refractivity contribution in [2.24, 2.45) is 5.73 Å². The summed E-state index contributed by atoms with van der Waals surface area (Å²) in [6.45, 7) is 6.29. The second kappa shape index (κ2) is 5.32. The fraction of sp³-hybridized carbons (Fsp3) is 1.00. The Hall–Kier alpha value is -0.160. The maximum Gasteiger partial charge on any atom is 0.0731 e. The van der Waals surface area contributed by atoms with Crippen LogP contribution in [0.2, 0.25) is 0 Å². The van der Waals surface area contributed by atoms with Gasteiger partial charge >= 0.3 is 0 Å². The molecule has 0 amide bonds. The number of nitrogens with two attached hydrogens (primary N) is 1. The van der Waals surface area contributed by atoms with E-state index >= 15 is 0 Å². The van der Waals surface area contributed by atoms with Crippen molar-refractivity contribution in [2.45, 2.75) is 62.8 Å². The normalized spacial score (nSPS) is 45.3. The van der Waals surface area contributed by atoms with Crippen LogP contribution in [0.1, 0.15) is 39.0 Å². The molecule has 2 N–H and O–H groups in total. The third-order valence-corrected chi connectivity index (χ3v) is 5.83. The van der Waals surface area contributed by atoms with Crippen molar-refractivity contribution in [1.82, 2.24) is 9.80 Å². The Labute approximate surface area is 117 Å². The topological polar surface area (TPSA) is 41.7 Å². The zero-order valence-electron chi connectivity index (χ0n) is 12.5. The van der Waals surface area contributed by atoms with E-state index in [4.69, 9.17) is 10.5 Å². The van der Waals surface area contributed by atoms with E-state index in [-0.39, 0.29) is 5.54 Å². The van der Waals surface area contributed by atoms with Crippen LogP contribution in [0.25, 0.3) is 0 Å². The lowest BCUT2D eigenvalue weighted by Crippen LogP contribution is -2.66. The number of ether oxygens (including phenoxy) is 1. The summed E-state index contributed by atoms with van der Waals surface area (Å²) in [4.78, 5) is 5.22. The summed E-state index contributed by atoms with van der Waals surface area (Å²) in [7, 11) is 2.24. The van der Waals surface area contributed by atoms with Crippen LogP contribution in [0, 0.1) is 0 Å². The quantitative estimate of drug-likeness (QED) is 0.812. The van der Waals surface area contributed by atoms with Gasteiger partial charge in [0.05, 0.1) is 12.7 Å². The Bertz CT molecular complexity index is 325. The van der Waals surface area contributed by atoms with Gasteiger partial charge < -0.3 is 15.4 Å². The van der Waals surface area contributed by atoms with E-state index < -0.39 is 0 Å². The fourth-order valence-corrected chi connectivity index (χ4v) is 4.49. The van der Waals surface area contributed by atoms with E-state index in [1.54, 1.807) is 0 Å². The molecule has 0 bridgehead atoms. The predicted molar refractivity (Wildman–Crippen MR) is 77.2 cm³/mol. The highest BCUT2D eigenvalue weighted by Gasteiger charge is 2.48. The van der Waals surface area contributed by atoms with Crippen LogP contribution in [0.15, 0.2) is 0 Å². The van der Waals surface area contributed by atoms with Crippen molar-refractivity contribution < 1.29 is 4.74 Å². The molecule has 3 fully saturated rings. The zero-order chi connectivity index (χ0) is 13.5. The Morgan fingerprint density at radius 1 is 1.32 bits per heavy atom. The number of hydrogen-bond acceptors (Lipinski definition) is 4. The summed E-state index contributed by atoms with van der Waals surface area (Å²) in [5, 5.41) is 0. The number of piperidine rings is 1. The third-order valence-electron chi connectivity index (χ3n) is 5.83. The second-order valence-corrected chi connectivity index (χ2v) is 6.81. The van der Waals surface area contributed by atoms with Crippen molar-refractivity contribution in [3.05, 3.63) is 0 Å². The van der Waals surface area contributed by atoms with Crippen molar-refractivity contribution in [3.8, 4) is 0 Å². The van der Waals surface area contributed by atoms with Gasteiger partial charge in [0.25, 0.3) is 0 Å². The van der Waals surface area contributed by atoms with Crippen LogP contribution >= 0.6 is 0 Å². The number of likely N-dealkylation sites (tertiary alicyclic amines) is 1. The Morgan fingerprint density at radius 2 is 2.16 bits per heavy atom. The van der Waals surface area contributed by atoms with Crippen molar-refractivity contribution >= 4 is 0 Å². The van der Waals surface area contributed by atoms with Gasteiger partial charge in [-0.25, -0.2) is 0 Å². The maximum atomic E-state index is 6.26. The summed E-state index contributed by atoms with van der Waals surface area (Å²) in [6, 6.07) is 1.27. The minimum Gasteiger partial charge on any atom is -0.375 e. The van der Waals surface area contributed by atoms with Crippen LogP contribution < -0.4 is 5.73 Å². The summed E-state index contributed by atoms with van der Waals surface area (Å²) >= 11 is 0. The molecular formula is C15H29N3O. The van der Waals surface area contributed by atoms with Crippen LogP contribution in [0.3, 0.4) is 0 Å². The average Bonchev–Trinajstić information content (AvgIpc) is 2.90. The largest absolute Gasteiger partial charge is 0.375 e. The summed E-state index contributed by atoms with van der Waals surface area (Å²) in [5.41, 5.74) is 6.48. The fourth-order valence-electron chi connectivity index (χ4n) is 4.49. The smallest absolute Gasteiger partial charge is 0.0731 e. The highest BCUT2D eigenvalue weighted by atomic mass is 16.5. The molecule has 0 aromatic heterocycles. The minimum atomic E-state index is 0.225. The lowest BCUT2D eigenvalue weighted by molar-refractivity contribution is -0.115. The number of nitrogens with zero attached hydrogens (tertiary/aromatic N) is 2. The first kappa shape index (κ1) is 13.8. The molecule has 1 aliphatic carbocycles. The van der Waals surface area contributed by atoms with E-state index in [0.29, 0.717) is 18.2 Å². The SMILES string of the molecule is CC1CC(CN)(N2CCOC3CCCC32)CCN1C. The standard InChI is InChI=1S/C15H29N3O/c1-12-10-15(11-16,6-7-17(12)2)18-8-9-19-14-5-3-4-13(14)18/h12-14H,3-11,16H2,1-2H3. The first-order valence-electron chi connectivity index (χ1n) is 7.95. The molecule has 0 spiro atoms. The van der Waals surface area contributed by atoms with Crippen molar-refractivity contribution in [2.75, 3.05) is 33.3 Å². The second-order valence-electron chi connectivity index (χ2n) is 6.81. The van der Waals surface area contributed by atoms with Crippen LogP contribution in [0.5, 0.6) is 0 Å². The van der Waals surface area contributed by atoms with E-state index in [2.05, 4.69) is 23.8 Å². The highest BCUT2D eigenvalue weighted by molar-refractivity contribution is 5.04. The monoisotopic (exact) mass is 267 g/mol. The van der Waals surface area contributed by atoms with Gasteiger partial charge in [0.1, 0.15) is 0 Å². The molecule has 4 unspecified atom stereocenters. The van der Waals surface area contributed by atoms with Gasteiger partial charge in [-0.1, -0.05) is 0 Å². The van der Waals surface area contributed by atoms with E-state index in [0.717, 1.165) is 19.7 Å². The maximum absolute atomic E-state index is 6.26. The lowest BCUT2D eigenvalue weighted by atomic mass is 9.80. The van der Waals surface area contributed by atoms with Crippen LogP contribution in [0.4, 0.5) is 0 Å². The number of morpholine rings is 1. The third kappa shape index (κ3) is 2.33. The Morgan fingerprint density at radius 3 is 2.89 bits per heavy atom. The number of rotatable bonds is 2. The van der Waals surface area contributed by atoms with Gasteiger partial charge in [-0.2, -0.15) is 0 Å². The number of hydrogen-bond donors (Lipinski definition) is 1. The molecule has 4 nitrogen and oxygen atoms in total. The lowest BCUT2D eigenvalue weighted by Gasteiger charge is -2.54. The molecule has 0 aromatic carbocycles. The van der Waals surface area contributed by atoms with Crippen LogP contribution in [-0.2, 0) is 4.74 Å². The highest BCUT2D eigenvalue weighted by Crippen LogP contribution is 2.39. The average molecular weight is 267 g/mol.